The molecule has 1 amide bonds. The first-order chi connectivity index (χ1) is 6.09. The number of aliphatic hydroxyl groups excluding tert-OH is 1. The Morgan fingerprint density at radius 1 is 1.46 bits per heavy atom. The number of anilines is 2. The van der Waals surface area contributed by atoms with E-state index in [1.807, 2.05) is 0 Å². The molecule has 0 spiro atoms. The van der Waals surface area contributed by atoms with E-state index >= 15 is 0 Å². The Balaban J connectivity index is 2.65. The van der Waals surface area contributed by atoms with E-state index in [0.717, 1.165) is 0 Å². The maximum Gasteiger partial charge on any atom is 0.252 e. The molecule has 0 unspecified atom stereocenters. The fraction of sp³-hybridized carbons (Fsp3) is 0.222. The molecule has 4 N–H and O–H groups in total. The summed E-state index contributed by atoms with van der Waals surface area (Å²) in [5, 5.41) is 11.4. The number of hydrogen-bond donors (Lipinski definition) is 3. The molecule has 0 saturated heterocycles. The summed E-state index contributed by atoms with van der Waals surface area (Å²) in [7, 11) is 0. The summed E-state index contributed by atoms with van der Waals surface area (Å²) in [4.78, 5) is 11.0. The van der Waals surface area contributed by atoms with Gasteiger partial charge >= 0.3 is 0 Å². The summed E-state index contributed by atoms with van der Waals surface area (Å²) < 4.78 is 0. The first kappa shape index (κ1) is 9.54. The molecule has 1 rings (SSSR count). The lowest BCUT2D eigenvalue weighted by molar-refractivity contribution is -0.123. The third-order valence-corrected chi connectivity index (χ3v) is 1.56. The Labute approximate surface area is 76.4 Å². The number of hydrogen-bond acceptors (Lipinski definition) is 3. The van der Waals surface area contributed by atoms with Crippen LogP contribution in [0.5, 0.6) is 0 Å². The van der Waals surface area contributed by atoms with E-state index in [1.165, 1.54) is 6.92 Å². The van der Waals surface area contributed by atoms with Gasteiger partial charge in [-0.1, -0.05) is 0 Å². The van der Waals surface area contributed by atoms with Crippen molar-refractivity contribution in [3.8, 4) is 0 Å². The topological polar surface area (TPSA) is 75.3 Å². The third kappa shape index (κ3) is 2.76. The maximum atomic E-state index is 11.0. The van der Waals surface area contributed by atoms with Crippen LogP contribution in [0.3, 0.4) is 0 Å². The standard InChI is InChI=1S/C9H12N2O2/c1-6(12)9(13)11-8-4-2-7(10)3-5-8/h2-6,12H,10H2,1H3,(H,11,13)/t6-/m0/s1. The lowest BCUT2D eigenvalue weighted by Gasteiger charge is -2.06. The fourth-order valence-electron chi connectivity index (χ4n) is 0.813. The molecule has 0 radical (unpaired) electrons. The molecule has 0 aliphatic rings. The lowest BCUT2D eigenvalue weighted by Crippen LogP contribution is -2.24. The van der Waals surface area contributed by atoms with Gasteiger partial charge in [0.15, 0.2) is 0 Å². The molecule has 0 aromatic heterocycles. The Morgan fingerprint density at radius 2 is 2.00 bits per heavy atom. The highest BCUT2D eigenvalue weighted by Gasteiger charge is 2.07. The Morgan fingerprint density at radius 3 is 2.46 bits per heavy atom. The fourth-order valence-corrected chi connectivity index (χ4v) is 0.813. The van der Waals surface area contributed by atoms with E-state index in [0.29, 0.717) is 11.4 Å². The lowest BCUT2D eigenvalue weighted by atomic mass is 10.2. The van der Waals surface area contributed by atoms with Crippen molar-refractivity contribution in [3.05, 3.63) is 24.3 Å². The second-order valence-corrected chi connectivity index (χ2v) is 2.79. The molecule has 0 fully saturated rings. The van der Waals surface area contributed by atoms with Gasteiger partial charge in [0.2, 0.25) is 0 Å². The van der Waals surface area contributed by atoms with Crippen molar-refractivity contribution < 1.29 is 9.90 Å². The number of amides is 1. The van der Waals surface area contributed by atoms with Crippen LogP contribution in [0.1, 0.15) is 6.92 Å². The van der Waals surface area contributed by atoms with Gasteiger partial charge in [0.1, 0.15) is 6.10 Å². The molecule has 1 aromatic carbocycles. The minimum atomic E-state index is -1.00. The van der Waals surface area contributed by atoms with Crippen molar-refractivity contribution in [1.29, 1.82) is 0 Å². The second kappa shape index (κ2) is 3.91. The van der Waals surface area contributed by atoms with Gasteiger partial charge in [-0.3, -0.25) is 4.79 Å². The van der Waals surface area contributed by atoms with Gasteiger partial charge in [-0.2, -0.15) is 0 Å². The highest BCUT2D eigenvalue weighted by molar-refractivity contribution is 5.93. The zero-order valence-electron chi connectivity index (χ0n) is 7.32. The van der Waals surface area contributed by atoms with E-state index in [4.69, 9.17) is 10.8 Å². The van der Waals surface area contributed by atoms with Crippen LogP contribution in [0.4, 0.5) is 11.4 Å². The smallest absolute Gasteiger partial charge is 0.252 e. The molecule has 70 valence electrons. The molecule has 4 nitrogen and oxygen atoms in total. The highest BCUT2D eigenvalue weighted by Crippen LogP contribution is 2.10. The summed E-state index contributed by atoms with van der Waals surface area (Å²) in [5.74, 6) is -0.426. The molecule has 13 heavy (non-hydrogen) atoms. The van der Waals surface area contributed by atoms with Crippen molar-refractivity contribution in [2.75, 3.05) is 11.1 Å². The van der Waals surface area contributed by atoms with Crippen LogP contribution in [0.15, 0.2) is 24.3 Å². The van der Waals surface area contributed by atoms with E-state index in [9.17, 15) is 4.79 Å². The largest absolute Gasteiger partial charge is 0.399 e. The average Bonchev–Trinajstić information content (AvgIpc) is 2.08. The van der Waals surface area contributed by atoms with Crippen molar-refractivity contribution in [3.63, 3.8) is 0 Å². The molecule has 4 heteroatoms. The van der Waals surface area contributed by atoms with Gasteiger partial charge in [0, 0.05) is 11.4 Å². The van der Waals surface area contributed by atoms with Crippen LogP contribution >= 0.6 is 0 Å². The predicted molar refractivity (Wildman–Crippen MR) is 51.2 cm³/mol. The number of aliphatic hydroxyl groups is 1. The van der Waals surface area contributed by atoms with Crippen LogP contribution < -0.4 is 11.1 Å². The Hall–Kier alpha value is -1.55. The van der Waals surface area contributed by atoms with Crippen LogP contribution in [0.2, 0.25) is 0 Å². The minimum Gasteiger partial charge on any atom is -0.399 e. The average molecular weight is 180 g/mol. The van der Waals surface area contributed by atoms with Crippen molar-refractivity contribution in [1.82, 2.24) is 0 Å². The second-order valence-electron chi connectivity index (χ2n) is 2.79. The number of carbonyl (C=O) groups is 1. The van der Waals surface area contributed by atoms with E-state index in [2.05, 4.69) is 5.32 Å². The summed E-state index contributed by atoms with van der Waals surface area (Å²) in [6.45, 7) is 1.41. The summed E-state index contributed by atoms with van der Waals surface area (Å²) in [5.41, 5.74) is 6.71. The first-order valence-electron chi connectivity index (χ1n) is 3.94. The molecular formula is C9H12N2O2. The van der Waals surface area contributed by atoms with Crippen LogP contribution in [-0.4, -0.2) is 17.1 Å². The molecule has 0 saturated carbocycles. The third-order valence-electron chi connectivity index (χ3n) is 1.56. The minimum absolute atomic E-state index is 0.426. The number of nitrogens with one attached hydrogen (secondary N) is 1. The van der Waals surface area contributed by atoms with Gasteiger partial charge in [0.25, 0.3) is 5.91 Å². The SMILES string of the molecule is C[C@H](O)C(=O)Nc1ccc(N)cc1. The van der Waals surface area contributed by atoms with Crippen LogP contribution in [0.25, 0.3) is 0 Å². The molecule has 0 aliphatic carbocycles. The number of benzene rings is 1. The summed E-state index contributed by atoms with van der Waals surface area (Å²) in [6.07, 6.45) is -1.00. The van der Waals surface area contributed by atoms with Gasteiger partial charge in [-0.25, -0.2) is 0 Å². The number of carbonyl (C=O) groups excluding carboxylic acids is 1. The van der Waals surface area contributed by atoms with Gasteiger partial charge < -0.3 is 16.2 Å². The maximum absolute atomic E-state index is 11.0. The van der Waals surface area contributed by atoms with E-state index < -0.39 is 12.0 Å². The summed E-state index contributed by atoms with van der Waals surface area (Å²) >= 11 is 0. The molecular weight excluding hydrogens is 168 g/mol. The zero-order valence-corrected chi connectivity index (χ0v) is 7.32. The molecule has 0 heterocycles. The van der Waals surface area contributed by atoms with E-state index in [1.54, 1.807) is 24.3 Å². The number of nitrogens with two attached hydrogens (primary N) is 1. The molecule has 0 aliphatic heterocycles. The monoisotopic (exact) mass is 180 g/mol. The predicted octanol–water partition coefficient (Wildman–Crippen LogP) is 0.588. The Bertz CT molecular complexity index is 293. The van der Waals surface area contributed by atoms with Crippen molar-refractivity contribution in [2.45, 2.75) is 13.0 Å². The number of rotatable bonds is 2. The Kier molecular flexibility index (Phi) is 2.87. The molecule has 1 atom stereocenters. The highest BCUT2D eigenvalue weighted by atomic mass is 16.3. The first-order valence-corrected chi connectivity index (χ1v) is 3.94. The van der Waals surface area contributed by atoms with Crippen molar-refractivity contribution >= 4 is 17.3 Å². The van der Waals surface area contributed by atoms with Crippen LogP contribution in [0, 0.1) is 0 Å². The van der Waals surface area contributed by atoms with E-state index in [-0.39, 0.29) is 0 Å². The van der Waals surface area contributed by atoms with Gasteiger partial charge in [-0.05, 0) is 31.2 Å². The number of nitrogen functional groups attached to an aromatic ring is 1. The van der Waals surface area contributed by atoms with Gasteiger partial charge in [-0.15, -0.1) is 0 Å². The zero-order chi connectivity index (χ0) is 9.84. The van der Waals surface area contributed by atoms with Gasteiger partial charge in [0.05, 0.1) is 0 Å². The van der Waals surface area contributed by atoms with Crippen LogP contribution in [-0.2, 0) is 4.79 Å². The normalized spacial score (nSPS) is 12.2. The molecule has 1 aromatic rings. The summed E-state index contributed by atoms with van der Waals surface area (Å²) in [6, 6.07) is 6.71. The quantitative estimate of drug-likeness (QED) is 0.583. The van der Waals surface area contributed by atoms with Crippen molar-refractivity contribution in [2.24, 2.45) is 0 Å². The molecule has 0 bridgehead atoms.